The molecule has 1 aromatic heterocycles. The number of likely N-dealkylation sites (N-methyl/N-ethyl adjacent to an activating group) is 1. The lowest BCUT2D eigenvalue weighted by molar-refractivity contribution is -0.137. The van der Waals surface area contributed by atoms with E-state index in [2.05, 4.69) is 31.8 Å². The van der Waals surface area contributed by atoms with E-state index in [1.807, 2.05) is 24.3 Å². The molecule has 1 atom stereocenters. The van der Waals surface area contributed by atoms with E-state index >= 15 is 4.39 Å². The van der Waals surface area contributed by atoms with Gasteiger partial charge in [-0.2, -0.15) is 18.2 Å². The summed E-state index contributed by atoms with van der Waals surface area (Å²) in [5.74, 6) is 2.02. The van der Waals surface area contributed by atoms with E-state index in [4.69, 9.17) is 5.14 Å². The van der Waals surface area contributed by atoms with Gasteiger partial charge in [-0.05, 0) is 74.1 Å². The molecule has 2 amide bonds. The molecule has 238 valence electrons. The first-order chi connectivity index (χ1) is 21.1. The number of benzene rings is 3. The summed E-state index contributed by atoms with van der Waals surface area (Å²) in [4.78, 5) is 23.5. The lowest BCUT2D eigenvalue weighted by Gasteiger charge is -2.16. The van der Waals surface area contributed by atoms with Crippen LogP contribution in [0.3, 0.4) is 0 Å². The van der Waals surface area contributed by atoms with Crippen LogP contribution in [0, 0.1) is 11.6 Å². The average Bonchev–Trinajstić information content (AvgIpc) is 2.94. The molecular weight excluding hydrogens is 619 g/mol. The molecule has 0 fully saturated rings. The number of nitrogens with two attached hydrogens (primary N) is 1. The Morgan fingerprint density at radius 3 is 2.40 bits per heavy atom. The normalized spacial score (nSPS) is 12.8. The molecule has 0 saturated carbocycles. The van der Waals surface area contributed by atoms with Crippen molar-refractivity contribution in [1.29, 1.82) is 0 Å². The summed E-state index contributed by atoms with van der Waals surface area (Å²) in [5, 5.41) is 16.0. The number of carbonyl (C=O) groups excluding carboxylic acids is 1. The number of anilines is 5. The first kappa shape index (κ1) is 33.1. The predicted octanol–water partition coefficient (Wildman–Crippen LogP) is 5.75. The molecule has 6 N–H and O–H groups in total. The highest BCUT2D eigenvalue weighted by molar-refractivity contribution is 7.98. The van der Waals surface area contributed by atoms with Crippen molar-refractivity contribution in [2.24, 2.45) is 5.14 Å². The van der Waals surface area contributed by atoms with Crippen molar-refractivity contribution in [3.63, 3.8) is 0 Å². The molecule has 16 heteroatoms. The molecule has 0 aliphatic carbocycles. The maximum absolute atomic E-state index is 15.1. The van der Waals surface area contributed by atoms with Crippen LogP contribution in [-0.4, -0.2) is 58.2 Å². The molecule has 0 bridgehead atoms. The van der Waals surface area contributed by atoms with Gasteiger partial charge in [0.2, 0.25) is 5.95 Å². The number of alkyl halides is 3. The second kappa shape index (κ2) is 13.5. The van der Waals surface area contributed by atoms with Gasteiger partial charge in [-0.3, -0.25) is 5.14 Å². The van der Waals surface area contributed by atoms with E-state index in [1.54, 1.807) is 24.3 Å². The van der Waals surface area contributed by atoms with Gasteiger partial charge in [0.15, 0.2) is 0 Å². The summed E-state index contributed by atoms with van der Waals surface area (Å²) < 4.78 is 80.3. The highest BCUT2D eigenvalue weighted by atomic mass is 32.2. The van der Waals surface area contributed by atoms with Crippen LogP contribution in [-0.2, 0) is 15.9 Å². The molecule has 4 rings (SSSR count). The molecule has 1 unspecified atom stereocenters. The third-order valence-electron chi connectivity index (χ3n) is 6.20. The lowest BCUT2D eigenvalue weighted by atomic mass is 10.1. The Balaban J connectivity index is 1.56. The summed E-state index contributed by atoms with van der Waals surface area (Å²) in [6, 6.07) is 10.7. The second-order valence-corrected chi connectivity index (χ2v) is 12.0. The van der Waals surface area contributed by atoms with E-state index in [9.17, 15) is 26.6 Å². The molecule has 1 heterocycles. The number of halogens is 5. The largest absolute Gasteiger partial charge is 0.416 e. The lowest BCUT2D eigenvalue weighted by Crippen LogP contribution is -2.22. The van der Waals surface area contributed by atoms with Gasteiger partial charge in [0.05, 0.1) is 26.6 Å². The standard InChI is InChI=1S/C29H29F5N8O2S/c1-42(2)12-11-36-26-21(16-37-27(41-26)38-19-5-4-6-20(15-19)45(3,35)44)17-7-10-24(23(31)13-17)39-28(43)40-25-14-18(29(32,33)34)8-9-22(25)30/h4-10,13-16H,3,11-12H2,1-2H3,(H2,35,44)(H2,39,40,43)(H2,36,37,38,41). The van der Waals surface area contributed by atoms with Crippen LogP contribution in [0.5, 0.6) is 0 Å². The van der Waals surface area contributed by atoms with Gasteiger partial charge in [-0.1, -0.05) is 12.1 Å². The maximum Gasteiger partial charge on any atom is 0.416 e. The van der Waals surface area contributed by atoms with Gasteiger partial charge in [-0.15, -0.1) is 0 Å². The van der Waals surface area contributed by atoms with Crippen molar-refractivity contribution in [1.82, 2.24) is 14.9 Å². The maximum atomic E-state index is 15.1. The topological polar surface area (TPSA) is 137 Å². The van der Waals surface area contributed by atoms with E-state index < -0.39 is 44.8 Å². The van der Waals surface area contributed by atoms with Crippen LogP contribution >= 0.6 is 0 Å². The fourth-order valence-corrected chi connectivity index (χ4v) is 4.60. The second-order valence-electron chi connectivity index (χ2n) is 10.0. The third kappa shape index (κ3) is 8.87. The molecule has 0 aliphatic rings. The number of urea groups is 1. The fourth-order valence-electron chi connectivity index (χ4n) is 3.96. The number of carbonyl (C=O) groups is 1. The molecule has 0 radical (unpaired) electrons. The number of nitrogens with zero attached hydrogens (tertiary/aromatic N) is 3. The van der Waals surface area contributed by atoms with Crippen LogP contribution in [0.15, 0.2) is 71.8 Å². The van der Waals surface area contributed by atoms with Gasteiger partial charge < -0.3 is 26.2 Å². The Hall–Kier alpha value is -4.80. The highest BCUT2D eigenvalue weighted by Gasteiger charge is 2.31. The monoisotopic (exact) mass is 648 g/mol. The Kier molecular flexibility index (Phi) is 9.90. The number of hydrogen-bond acceptors (Lipinski definition) is 7. The number of amides is 2. The predicted molar refractivity (Wildman–Crippen MR) is 166 cm³/mol. The van der Waals surface area contributed by atoms with Gasteiger partial charge in [0.25, 0.3) is 0 Å². The summed E-state index contributed by atoms with van der Waals surface area (Å²) in [7, 11) is 0.826. The number of rotatable bonds is 10. The Morgan fingerprint density at radius 2 is 1.73 bits per heavy atom. The summed E-state index contributed by atoms with van der Waals surface area (Å²) in [6.45, 7) is 1.11. The minimum Gasteiger partial charge on any atom is -0.368 e. The molecule has 45 heavy (non-hydrogen) atoms. The minimum absolute atomic E-state index is 0.174. The van der Waals surface area contributed by atoms with E-state index in [-0.39, 0.29) is 11.6 Å². The van der Waals surface area contributed by atoms with Crippen molar-refractivity contribution in [2.75, 3.05) is 48.5 Å². The van der Waals surface area contributed by atoms with Gasteiger partial charge in [0, 0.05) is 35.4 Å². The quantitative estimate of drug-likeness (QED) is 0.109. The number of hydrogen-bond donors (Lipinski definition) is 5. The molecular formula is C29H29F5N8O2S. The fraction of sp³-hybridized carbons (Fsp3) is 0.172. The van der Waals surface area contributed by atoms with Crippen LogP contribution in [0.2, 0.25) is 0 Å². The van der Waals surface area contributed by atoms with E-state index in [1.165, 1.54) is 18.3 Å². The van der Waals surface area contributed by atoms with Gasteiger partial charge in [0.1, 0.15) is 17.5 Å². The Morgan fingerprint density at radius 1 is 1.00 bits per heavy atom. The molecule has 0 spiro atoms. The zero-order valence-electron chi connectivity index (χ0n) is 24.0. The van der Waals surface area contributed by atoms with Crippen LogP contribution in [0.25, 0.3) is 11.1 Å². The first-order valence-electron chi connectivity index (χ1n) is 13.1. The summed E-state index contributed by atoms with van der Waals surface area (Å²) in [6.07, 6.45) is -3.30. The highest BCUT2D eigenvalue weighted by Crippen LogP contribution is 2.33. The SMILES string of the molecule is C=S(N)(=O)c1cccc(Nc2ncc(-c3ccc(NC(=O)Nc4cc(C(F)(F)F)ccc4F)c(F)c3)c(NCCN(C)C)n2)c1. The van der Waals surface area contributed by atoms with Crippen molar-refractivity contribution >= 4 is 50.4 Å². The molecule has 10 nitrogen and oxygen atoms in total. The van der Waals surface area contributed by atoms with Crippen LogP contribution in [0.4, 0.5) is 55.6 Å². The van der Waals surface area contributed by atoms with Crippen molar-refractivity contribution in [3.05, 3.63) is 84.1 Å². The van der Waals surface area contributed by atoms with E-state index in [0.29, 0.717) is 58.8 Å². The minimum atomic E-state index is -4.76. The third-order valence-corrected chi connectivity index (χ3v) is 7.25. The van der Waals surface area contributed by atoms with Crippen molar-refractivity contribution in [3.8, 4) is 11.1 Å². The molecule has 0 aliphatic heterocycles. The molecule has 0 saturated heterocycles. The summed E-state index contributed by atoms with van der Waals surface area (Å²) >= 11 is 0. The Labute approximate surface area is 256 Å². The number of nitrogens with one attached hydrogen (secondary N) is 4. The smallest absolute Gasteiger partial charge is 0.368 e. The average molecular weight is 649 g/mol. The van der Waals surface area contributed by atoms with Crippen molar-refractivity contribution < 1.29 is 31.0 Å². The van der Waals surface area contributed by atoms with E-state index in [0.717, 1.165) is 6.07 Å². The molecule has 3 aromatic carbocycles. The van der Waals surface area contributed by atoms with Gasteiger partial charge >= 0.3 is 12.2 Å². The molecule has 4 aromatic rings. The number of aromatic nitrogens is 2. The first-order valence-corrected chi connectivity index (χ1v) is 14.9. The van der Waals surface area contributed by atoms with Crippen molar-refractivity contribution in [2.45, 2.75) is 11.1 Å². The zero-order chi connectivity index (χ0) is 32.9. The zero-order valence-corrected chi connectivity index (χ0v) is 24.8. The van der Waals surface area contributed by atoms with Crippen LogP contribution < -0.4 is 26.4 Å². The van der Waals surface area contributed by atoms with Crippen LogP contribution in [0.1, 0.15) is 5.56 Å². The van der Waals surface area contributed by atoms with Gasteiger partial charge in [-0.25, -0.2) is 22.8 Å². The summed E-state index contributed by atoms with van der Waals surface area (Å²) in [5.41, 5.74) is -0.952. The Bertz CT molecular complexity index is 1820.